The molecule has 0 bridgehead atoms. The highest BCUT2D eigenvalue weighted by Gasteiger charge is 2.29. The fourth-order valence-electron chi connectivity index (χ4n) is 1.55. The van der Waals surface area contributed by atoms with Gasteiger partial charge in [-0.15, -0.1) is 0 Å². The van der Waals surface area contributed by atoms with Crippen LogP contribution in [0.4, 0.5) is 0 Å². The van der Waals surface area contributed by atoms with Crippen molar-refractivity contribution in [2.45, 2.75) is 0 Å². The Morgan fingerprint density at radius 1 is 0.688 bits per heavy atom. The zero-order chi connectivity index (χ0) is 12.6. The number of nitrogens with zero attached hydrogens (tertiary/aromatic N) is 2. The van der Waals surface area contributed by atoms with Crippen LogP contribution >= 0.6 is 46.4 Å². The first kappa shape index (κ1) is 14.0. The largest absolute Gasteiger partial charge is 0.364 e. The molecule has 90 valence electrons. The minimum atomic E-state index is 0.296. The van der Waals surface area contributed by atoms with Crippen molar-refractivity contribution in [1.29, 1.82) is 0 Å². The van der Waals surface area contributed by atoms with Gasteiger partial charge in [0.2, 0.25) is 0 Å². The van der Waals surface area contributed by atoms with Crippen molar-refractivity contribution >= 4 is 46.4 Å². The molecule has 0 aromatic heterocycles. The van der Waals surface area contributed by atoms with Crippen LogP contribution in [-0.4, -0.2) is 38.0 Å². The lowest BCUT2D eigenvalue weighted by molar-refractivity contribution is 0.339. The summed E-state index contributed by atoms with van der Waals surface area (Å²) in [6, 6.07) is 0. The van der Waals surface area contributed by atoms with E-state index >= 15 is 0 Å². The zero-order valence-electron chi connectivity index (χ0n) is 9.41. The van der Waals surface area contributed by atoms with Crippen molar-refractivity contribution in [1.82, 2.24) is 9.80 Å². The second-order valence-electron chi connectivity index (χ2n) is 3.74. The number of rotatable bonds is 2. The standard InChI is InChI=1S/C10H12Cl4N2/c1-15(2)10(16(3)4)5-6(11)8(13)9(14)7(5)12/h1-4H3. The van der Waals surface area contributed by atoms with Gasteiger partial charge >= 0.3 is 0 Å². The van der Waals surface area contributed by atoms with Gasteiger partial charge in [0.05, 0.1) is 25.7 Å². The second-order valence-corrected chi connectivity index (χ2v) is 5.26. The molecule has 1 aliphatic rings. The minimum absolute atomic E-state index is 0.296. The fourth-order valence-corrected chi connectivity index (χ4v) is 2.62. The predicted octanol–water partition coefficient (Wildman–Crippen LogP) is 3.71. The molecule has 0 amide bonds. The smallest absolute Gasteiger partial charge is 0.113 e. The maximum atomic E-state index is 6.13. The Bertz CT molecular complexity index is 369. The summed E-state index contributed by atoms with van der Waals surface area (Å²) in [4.78, 5) is 3.81. The maximum absolute atomic E-state index is 6.13. The summed E-state index contributed by atoms with van der Waals surface area (Å²) in [5, 5.41) is 1.36. The first-order valence-corrected chi connectivity index (χ1v) is 6.00. The molecular formula is C10H12Cl4N2. The molecule has 6 heteroatoms. The highest BCUT2D eigenvalue weighted by molar-refractivity contribution is 6.55. The van der Waals surface area contributed by atoms with Crippen LogP contribution in [0.5, 0.6) is 0 Å². The summed E-state index contributed by atoms with van der Waals surface area (Å²) in [5.41, 5.74) is 0.660. The van der Waals surface area contributed by atoms with E-state index in [1.54, 1.807) is 0 Å². The monoisotopic (exact) mass is 300 g/mol. The molecule has 0 N–H and O–H groups in total. The van der Waals surface area contributed by atoms with Gasteiger partial charge in [-0.05, 0) is 0 Å². The van der Waals surface area contributed by atoms with Crippen LogP contribution in [0.2, 0.25) is 0 Å². The molecule has 0 atom stereocenters. The zero-order valence-corrected chi connectivity index (χ0v) is 12.4. The van der Waals surface area contributed by atoms with Crippen LogP contribution in [0.1, 0.15) is 0 Å². The van der Waals surface area contributed by atoms with Gasteiger partial charge in [-0.25, -0.2) is 0 Å². The molecule has 1 rings (SSSR count). The molecule has 0 heterocycles. The third kappa shape index (κ3) is 2.30. The number of allylic oxidation sites excluding steroid dienone is 5. The van der Waals surface area contributed by atoms with Gasteiger partial charge in [-0.1, -0.05) is 46.4 Å². The maximum Gasteiger partial charge on any atom is 0.113 e. The molecular weight excluding hydrogens is 290 g/mol. The molecule has 0 aliphatic heterocycles. The van der Waals surface area contributed by atoms with Crippen LogP contribution in [0.25, 0.3) is 0 Å². The van der Waals surface area contributed by atoms with Gasteiger partial charge in [0.25, 0.3) is 0 Å². The van der Waals surface area contributed by atoms with E-state index in [-0.39, 0.29) is 0 Å². The Morgan fingerprint density at radius 3 is 1.25 bits per heavy atom. The van der Waals surface area contributed by atoms with E-state index < -0.39 is 0 Å². The van der Waals surface area contributed by atoms with Gasteiger partial charge in [0.15, 0.2) is 0 Å². The van der Waals surface area contributed by atoms with E-state index in [9.17, 15) is 0 Å². The quantitative estimate of drug-likeness (QED) is 0.767. The third-order valence-corrected chi connectivity index (χ3v) is 3.89. The summed E-state index contributed by atoms with van der Waals surface area (Å²) in [5.74, 6) is 0.851. The highest BCUT2D eigenvalue weighted by atomic mass is 35.5. The molecule has 0 fully saturated rings. The summed E-state index contributed by atoms with van der Waals surface area (Å²) in [7, 11) is 7.60. The first-order valence-electron chi connectivity index (χ1n) is 4.49. The molecule has 0 aromatic carbocycles. The average molecular weight is 302 g/mol. The van der Waals surface area contributed by atoms with Gasteiger partial charge in [0, 0.05) is 28.2 Å². The van der Waals surface area contributed by atoms with Crippen LogP contribution in [0.15, 0.2) is 31.5 Å². The Balaban J connectivity index is 3.48. The molecule has 0 saturated carbocycles. The van der Waals surface area contributed by atoms with Crippen molar-refractivity contribution in [2.75, 3.05) is 28.2 Å². The van der Waals surface area contributed by atoms with Crippen molar-refractivity contribution in [3.63, 3.8) is 0 Å². The molecule has 0 unspecified atom stereocenters. The van der Waals surface area contributed by atoms with Crippen LogP contribution in [-0.2, 0) is 0 Å². The van der Waals surface area contributed by atoms with Crippen molar-refractivity contribution in [3.05, 3.63) is 31.5 Å². The first-order chi connectivity index (χ1) is 7.29. The molecule has 16 heavy (non-hydrogen) atoms. The molecule has 2 nitrogen and oxygen atoms in total. The minimum Gasteiger partial charge on any atom is -0.364 e. The summed E-state index contributed by atoms with van der Waals surface area (Å²) >= 11 is 24.2. The predicted molar refractivity (Wildman–Crippen MR) is 71.9 cm³/mol. The molecule has 0 saturated heterocycles. The molecule has 0 radical (unpaired) electrons. The second kappa shape index (κ2) is 5.09. The Morgan fingerprint density at radius 2 is 1.00 bits per heavy atom. The molecule has 1 aliphatic carbocycles. The van der Waals surface area contributed by atoms with E-state index in [1.807, 2.05) is 38.0 Å². The Labute approximate surface area is 116 Å². The van der Waals surface area contributed by atoms with Gasteiger partial charge < -0.3 is 9.80 Å². The number of halogens is 4. The van der Waals surface area contributed by atoms with Gasteiger partial charge in [-0.2, -0.15) is 0 Å². The summed E-state index contributed by atoms with van der Waals surface area (Å²) in [6.07, 6.45) is 0. The topological polar surface area (TPSA) is 6.48 Å². The van der Waals surface area contributed by atoms with Crippen molar-refractivity contribution in [2.24, 2.45) is 0 Å². The van der Waals surface area contributed by atoms with E-state index in [1.165, 1.54) is 0 Å². The normalized spacial score (nSPS) is 16.1. The lowest BCUT2D eigenvalue weighted by atomic mass is 10.2. The third-order valence-electron chi connectivity index (χ3n) is 2.09. The van der Waals surface area contributed by atoms with Gasteiger partial charge in [0.1, 0.15) is 5.82 Å². The summed E-state index contributed by atoms with van der Waals surface area (Å²) < 4.78 is 0. The lowest BCUT2D eigenvalue weighted by Gasteiger charge is -2.27. The van der Waals surface area contributed by atoms with E-state index in [4.69, 9.17) is 46.4 Å². The van der Waals surface area contributed by atoms with Crippen molar-refractivity contribution in [3.8, 4) is 0 Å². The van der Waals surface area contributed by atoms with Crippen LogP contribution in [0.3, 0.4) is 0 Å². The van der Waals surface area contributed by atoms with Crippen molar-refractivity contribution < 1.29 is 0 Å². The molecule has 0 aromatic rings. The van der Waals surface area contributed by atoms with E-state index in [2.05, 4.69) is 0 Å². The Hall–Kier alpha value is -0.0200. The molecule has 0 spiro atoms. The number of hydrogen-bond donors (Lipinski definition) is 0. The summed E-state index contributed by atoms with van der Waals surface area (Å²) in [6.45, 7) is 0. The SMILES string of the molecule is CN(C)C(=C1C(Cl)=C(Cl)C(Cl)=C1Cl)N(C)C. The fraction of sp³-hybridized carbons (Fsp3) is 0.400. The number of hydrogen-bond acceptors (Lipinski definition) is 2. The lowest BCUT2D eigenvalue weighted by Crippen LogP contribution is -2.26. The van der Waals surface area contributed by atoms with Crippen LogP contribution in [0, 0.1) is 0 Å². The average Bonchev–Trinajstić information content (AvgIpc) is 2.34. The van der Waals surface area contributed by atoms with E-state index in [0.29, 0.717) is 25.7 Å². The highest BCUT2D eigenvalue weighted by Crippen LogP contribution is 2.46. The van der Waals surface area contributed by atoms with Crippen LogP contribution < -0.4 is 0 Å². The Kier molecular flexibility index (Phi) is 4.47. The van der Waals surface area contributed by atoms with E-state index in [0.717, 1.165) is 5.82 Å². The van der Waals surface area contributed by atoms with Gasteiger partial charge in [-0.3, -0.25) is 0 Å².